The number of rotatable bonds is 4. The van der Waals surface area contributed by atoms with Crippen LogP contribution in [0.2, 0.25) is 0 Å². The minimum atomic E-state index is -0.277. The number of hydrogen-bond donors (Lipinski definition) is 2. The smallest absolute Gasteiger partial charge is 0.231 e. The van der Waals surface area contributed by atoms with Gasteiger partial charge in [-0.3, -0.25) is 4.79 Å². The molecule has 0 aliphatic carbocycles. The second-order valence-electron chi connectivity index (χ2n) is 5.44. The standard InChI is InChI=1S/C15H22N2O3/c1-9(2)20-11-4-5-14(10(3)6-11)17-15(18)12-7-19-8-13(12)16/h4-6,9,12-13H,7-8,16H2,1-3H3,(H,17,18). The van der Waals surface area contributed by atoms with E-state index in [0.29, 0.717) is 13.2 Å². The number of anilines is 1. The van der Waals surface area contributed by atoms with Crippen LogP contribution >= 0.6 is 0 Å². The molecular weight excluding hydrogens is 256 g/mol. The van der Waals surface area contributed by atoms with E-state index in [1.54, 1.807) is 0 Å². The molecule has 1 heterocycles. The highest BCUT2D eigenvalue weighted by molar-refractivity contribution is 5.94. The lowest BCUT2D eigenvalue weighted by atomic mass is 10.0. The summed E-state index contributed by atoms with van der Waals surface area (Å²) in [4.78, 5) is 12.1. The molecule has 3 N–H and O–H groups in total. The highest BCUT2D eigenvalue weighted by atomic mass is 16.5. The zero-order valence-corrected chi connectivity index (χ0v) is 12.2. The molecule has 5 nitrogen and oxygen atoms in total. The molecule has 0 radical (unpaired) electrons. The predicted molar refractivity (Wildman–Crippen MR) is 77.9 cm³/mol. The Hall–Kier alpha value is -1.59. The molecule has 110 valence electrons. The molecule has 20 heavy (non-hydrogen) atoms. The number of hydrogen-bond acceptors (Lipinski definition) is 4. The third-order valence-electron chi connectivity index (χ3n) is 3.29. The molecule has 0 spiro atoms. The number of benzene rings is 1. The molecule has 1 aliphatic heterocycles. The predicted octanol–water partition coefficient (Wildman–Crippen LogP) is 1.69. The first kappa shape index (κ1) is 14.8. The minimum Gasteiger partial charge on any atom is -0.491 e. The molecule has 1 aliphatic rings. The highest BCUT2D eigenvalue weighted by Gasteiger charge is 2.31. The molecule has 0 saturated carbocycles. The molecule has 0 bridgehead atoms. The summed E-state index contributed by atoms with van der Waals surface area (Å²) in [6.45, 7) is 6.73. The number of carbonyl (C=O) groups is 1. The van der Waals surface area contributed by atoms with Gasteiger partial charge in [0.05, 0.1) is 25.2 Å². The fourth-order valence-electron chi connectivity index (χ4n) is 2.19. The van der Waals surface area contributed by atoms with Gasteiger partial charge in [-0.25, -0.2) is 0 Å². The summed E-state index contributed by atoms with van der Waals surface area (Å²) in [7, 11) is 0. The van der Waals surface area contributed by atoms with Gasteiger partial charge in [-0.15, -0.1) is 0 Å². The molecule has 1 saturated heterocycles. The number of amides is 1. The second-order valence-corrected chi connectivity index (χ2v) is 5.44. The van der Waals surface area contributed by atoms with Crippen LogP contribution in [0.15, 0.2) is 18.2 Å². The maximum absolute atomic E-state index is 12.1. The van der Waals surface area contributed by atoms with Gasteiger partial charge in [0.2, 0.25) is 5.91 Å². The van der Waals surface area contributed by atoms with Crippen molar-refractivity contribution in [3.05, 3.63) is 23.8 Å². The van der Waals surface area contributed by atoms with Gasteiger partial charge in [0, 0.05) is 11.7 Å². The normalized spacial score (nSPS) is 22.1. The molecule has 2 unspecified atom stereocenters. The maximum Gasteiger partial charge on any atom is 0.231 e. The van der Waals surface area contributed by atoms with Gasteiger partial charge in [-0.1, -0.05) is 0 Å². The van der Waals surface area contributed by atoms with Crippen LogP contribution in [0, 0.1) is 12.8 Å². The van der Waals surface area contributed by atoms with Crippen LogP contribution < -0.4 is 15.8 Å². The zero-order chi connectivity index (χ0) is 14.7. The van der Waals surface area contributed by atoms with Gasteiger partial charge >= 0.3 is 0 Å². The second kappa shape index (κ2) is 6.24. The lowest BCUT2D eigenvalue weighted by molar-refractivity contribution is -0.120. The van der Waals surface area contributed by atoms with E-state index < -0.39 is 0 Å². The Morgan fingerprint density at radius 2 is 2.20 bits per heavy atom. The third kappa shape index (κ3) is 3.49. The number of aryl methyl sites for hydroxylation is 1. The van der Waals surface area contributed by atoms with E-state index in [1.165, 1.54) is 0 Å². The van der Waals surface area contributed by atoms with Crippen LogP contribution in [-0.4, -0.2) is 31.3 Å². The summed E-state index contributed by atoms with van der Waals surface area (Å²) >= 11 is 0. The van der Waals surface area contributed by atoms with E-state index in [2.05, 4.69) is 5.32 Å². The van der Waals surface area contributed by atoms with Gasteiger partial charge < -0.3 is 20.5 Å². The van der Waals surface area contributed by atoms with Crippen LogP contribution in [0.4, 0.5) is 5.69 Å². The Balaban J connectivity index is 2.04. The summed E-state index contributed by atoms with van der Waals surface area (Å²) in [6.07, 6.45) is 0.128. The molecule has 1 fully saturated rings. The number of ether oxygens (including phenoxy) is 2. The van der Waals surface area contributed by atoms with Crippen molar-refractivity contribution >= 4 is 11.6 Å². The molecule has 1 aromatic carbocycles. The third-order valence-corrected chi connectivity index (χ3v) is 3.29. The Labute approximate surface area is 119 Å². The average molecular weight is 278 g/mol. The zero-order valence-electron chi connectivity index (χ0n) is 12.2. The largest absolute Gasteiger partial charge is 0.491 e. The topological polar surface area (TPSA) is 73.6 Å². The van der Waals surface area contributed by atoms with Crippen LogP contribution in [0.5, 0.6) is 5.75 Å². The lowest BCUT2D eigenvalue weighted by Gasteiger charge is -2.16. The molecular formula is C15H22N2O3. The van der Waals surface area contributed by atoms with Gasteiger partial charge in [0.25, 0.3) is 0 Å². The Morgan fingerprint density at radius 3 is 2.75 bits per heavy atom. The first-order chi connectivity index (χ1) is 9.47. The van der Waals surface area contributed by atoms with E-state index in [1.807, 2.05) is 39.0 Å². The van der Waals surface area contributed by atoms with E-state index in [-0.39, 0.29) is 24.0 Å². The highest BCUT2D eigenvalue weighted by Crippen LogP contribution is 2.23. The van der Waals surface area contributed by atoms with E-state index >= 15 is 0 Å². The van der Waals surface area contributed by atoms with E-state index in [0.717, 1.165) is 17.0 Å². The van der Waals surface area contributed by atoms with Crippen LogP contribution in [0.3, 0.4) is 0 Å². The molecule has 1 amide bonds. The fourth-order valence-corrected chi connectivity index (χ4v) is 2.19. The van der Waals surface area contributed by atoms with Crippen molar-refractivity contribution in [3.8, 4) is 5.75 Å². The first-order valence-electron chi connectivity index (χ1n) is 6.89. The summed E-state index contributed by atoms with van der Waals surface area (Å²) < 4.78 is 10.8. The number of nitrogens with two attached hydrogens (primary N) is 1. The monoisotopic (exact) mass is 278 g/mol. The molecule has 0 aromatic heterocycles. The van der Waals surface area contributed by atoms with Crippen LogP contribution in [0.1, 0.15) is 19.4 Å². The maximum atomic E-state index is 12.1. The minimum absolute atomic E-state index is 0.0874. The van der Waals surface area contributed by atoms with Crippen molar-refractivity contribution in [2.75, 3.05) is 18.5 Å². The number of carbonyl (C=O) groups excluding carboxylic acids is 1. The van der Waals surface area contributed by atoms with E-state index in [4.69, 9.17) is 15.2 Å². The quantitative estimate of drug-likeness (QED) is 0.879. The van der Waals surface area contributed by atoms with Crippen LogP contribution in [-0.2, 0) is 9.53 Å². The van der Waals surface area contributed by atoms with Crippen molar-refractivity contribution in [2.24, 2.45) is 11.7 Å². The van der Waals surface area contributed by atoms with Crippen molar-refractivity contribution in [1.29, 1.82) is 0 Å². The Bertz CT molecular complexity index is 488. The molecule has 2 atom stereocenters. The fraction of sp³-hybridized carbons (Fsp3) is 0.533. The summed E-state index contributed by atoms with van der Waals surface area (Å²) in [5, 5.41) is 2.91. The summed E-state index contributed by atoms with van der Waals surface area (Å²) in [6, 6.07) is 5.40. The molecule has 1 aromatic rings. The lowest BCUT2D eigenvalue weighted by Crippen LogP contribution is -2.37. The van der Waals surface area contributed by atoms with Gasteiger partial charge in [-0.2, -0.15) is 0 Å². The van der Waals surface area contributed by atoms with E-state index in [9.17, 15) is 4.79 Å². The van der Waals surface area contributed by atoms with Crippen LogP contribution in [0.25, 0.3) is 0 Å². The Kier molecular flexibility index (Phi) is 4.62. The van der Waals surface area contributed by atoms with Crippen molar-refractivity contribution in [1.82, 2.24) is 0 Å². The first-order valence-corrected chi connectivity index (χ1v) is 6.89. The van der Waals surface area contributed by atoms with Crippen molar-refractivity contribution < 1.29 is 14.3 Å². The molecule has 2 rings (SSSR count). The van der Waals surface area contributed by atoms with Gasteiger partial charge in [0.15, 0.2) is 0 Å². The van der Waals surface area contributed by atoms with Gasteiger partial charge in [0.1, 0.15) is 5.75 Å². The summed E-state index contributed by atoms with van der Waals surface area (Å²) in [5.74, 6) is 0.438. The summed E-state index contributed by atoms with van der Waals surface area (Å²) in [5.41, 5.74) is 7.59. The number of nitrogens with one attached hydrogen (secondary N) is 1. The average Bonchev–Trinajstić information content (AvgIpc) is 2.78. The Morgan fingerprint density at radius 1 is 1.45 bits per heavy atom. The van der Waals surface area contributed by atoms with Gasteiger partial charge in [-0.05, 0) is 44.5 Å². The molecule has 5 heteroatoms. The van der Waals surface area contributed by atoms with Crippen molar-refractivity contribution in [3.63, 3.8) is 0 Å². The SMILES string of the molecule is Cc1cc(OC(C)C)ccc1NC(=O)C1COCC1N. The van der Waals surface area contributed by atoms with Crippen molar-refractivity contribution in [2.45, 2.75) is 32.9 Å².